The van der Waals surface area contributed by atoms with E-state index in [4.69, 9.17) is 9.84 Å². The van der Waals surface area contributed by atoms with Crippen molar-refractivity contribution in [3.63, 3.8) is 0 Å². The summed E-state index contributed by atoms with van der Waals surface area (Å²) in [6.45, 7) is 1.74. The first-order valence-electron chi connectivity index (χ1n) is 5.44. The molecule has 98 valence electrons. The maximum Gasteiger partial charge on any atom is 0.335 e. The van der Waals surface area contributed by atoms with Crippen LogP contribution in [0, 0.1) is 6.92 Å². The lowest BCUT2D eigenvalue weighted by Crippen LogP contribution is -1.99. The van der Waals surface area contributed by atoms with Crippen molar-refractivity contribution >= 4 is 37.8 Å². The van der Waals surface area contributed by atoms with Crippen molar-refractivity contribution in [3.8, 4) is 11.5 Å². The molecule has 0 radical (unpaired) electrons. The molecule has 0 saturated carbocycles. The van der Waals surface area contributed by atoms with Gasteiger partial charge in [0, 0.05) is 4.47 Å². The van der Waals surface area contributed by atoms with Gasteiger partial charge in [0.25, 0.3) is 0 Å². The molecule has 0 aliphatic carbocycles. The zero-order valence-corrected chi connectivity index (χ0v) is 13.2. The van der Waals surface area contributed by atoms with Crippen LogP contribution in [0.3, 0.4) is 0 Å². The molecule has 0 bridgehead atoms. The van der Waals surface area contributed by atoms with Crippen molar-refractivity contribution in [1.82, 2.24) is 0 Å². The quantitative estimate of drug-likeness (QED) is 0.807. The molecule has 19 heavy (non-hydrogen) atoms. The molecule has 0 aliphatic heterocycles. The summed E-state index contributed by atoms with van der Waals surface area (Å²) in [6, 6.07) is 10.5. The number of aryl methyl sites for hydroxylation is 1. The van der Waals surface area contributed by atoms with Crippen LogP contribution in [0.4, 0.5) is 0 Å². The number of carboxylic acid groups (broad SMARTS) is 1. The molecule has 0 fully saturated rings. The van der Waals surface area contributed by atoms with Crippen molar-refractivity contribution in [2.24, 2.45) is 0 Å². The average molecular weight is 386 g/mol. The first-order valence-corrected chi connectivity index (χ1v) is 7.03. The summed E-state index contributed by atoms with van der Waals surface area (Å²) in [5, 5.41) is 8.97. The fraction of sp³-hybridized carbons (Fsp3) is 0.0714. The Morgan fingerprint density at radius 3 is 2.47 bits per heavy atom. The third kappa shape index (κ3) is 3.36. The van der Waals surface area contributed by atoms with E-state index in [-0.39, 0.29) is 5.56 Å². The summed E-state index contributed by atoms with van der Waals surface area (Å²) in [6.07, 6.45) is 0. The maximum atomic E-state index is 10.9. The highest BCUT2D eigenvalue weighted by Gasteiger charge is 2.09. The summed E-state index contributed by atoms with van der Waals surface area (Å²) < 4.78 is 7.49. The van der Waals surface area contributed by atoms with Gasteiger partial charge in [-0.15, -0.1) is 0 Å². The molecule has 2 aromatic carbocycles. The lowest BCUT2D eigenvalue weighted by Gasteiger charge is -2.09. The summed E-state index contributed by atoms with van der Waals surface area (Å²) in [5.74, 6) is 0.338. The van der Waals surface area contributed by atoms with Gasteiger partial charge in [0.05, 0.1) is 10.0 Å². The Bertz CT molecular complexity index is 639. The minimum atomic E-state index is -0.936. The fourth-order valence-corrected chi connectivity index (χ4v) is 2.75. The molecule has 5 heteroatoms. The highest BCUT2D eigenvalue weighted by molar-refractivity contribution is 9.11. The molecule has 3 nitrogen and oxygen atoms in total. The number of benzene rings is 2. The van der Waals surface area contributed by atoms with Gasteiger partial charge < -0.3 is 9.84 Å². The van der Waals surface area contributed by atoms with E-state index in [1.807, 2.05) is 18.2 Å². The molecule has 0 unspecified atom stereocenters. The number of ether oxygens (including phenoxy) is 1. The summed E-state index contributed by atoms with van der Waals surface area (Å²) >= 11 is 6.78. The number of aromatic carboxylic acids is 1. The van der Waals surface area contributed by atoms with Gasteiger partial charge in [-0.25, -0.2) is 4.79 Å². The van der Waals surface area contributed by atoms with Crippen LogP contribution in [0.5, 0.6) is 11.5 Å². The van der Waals surface area contributed by atoms with Crippen LogP contribution in [0.15, 0.2) is 45.3 Å². The number of carboxylic acids is 1. The van der Waals surface area contributed by atoms with Crippen LogP contribution in [0.1, 0.15) is 15.9 Å². The smallest absolute Gasteiger partial charge is 0.335 e. The molecule has 0 aliphatic rings. The second kappa shape index (κ2) is 5.75. The molecule has 2 aromatic rings. The molecule has 1 N–H and O–H groups in total. The predicted molar refractivity (Wildman–Crippen MR) is 80.1 cm³/mol. The molecular formula is C14H10Br2O3. The van der Waals surface area contributed by atoms with E-state index in [1.165, 1.54) is 0 Å². The number of rotatable bonds is 3. The molecular weight excluding hydrogens is 376 g/mol. The van der Waals surface area contributed by atoms with E-state index in [0.717, 1.165) is 8.95 Å². The Balaban J connectivity index is 2.29. The maximum absolute atomic E-state index is 10.9. The number of hydrogen-bond donors (Lipinski definition) is 1. The van der Waals surface area contributed by atoms with Crippen molar-refractivity contribution < 1.29 is 14.6 Å². The summed E-state index contributed by atoms with van der Waals surface area (Å²) in [7, 11) is 0. The van der Waals surface area contributed by atoms with Gasteiger partial charge in [-0.3, -0.25) is 0 Å². The third-order valence-corrected chi connectivity index (χ3v) is 3.66. The Kier molecular flexibility index (Phi) is 4.27. The van der Waals surface area contributed by atoms with E-state index >= 15 is 0 Å². The average Bonchev–Trinajstić information content (AvgIpc) is 2.32. The first-order chi connectivity index (χ1) is 8.97. The molecule has 0 heterocycles. The molecule has 0 amide bonds. The third-order valence-electron chi connectivity index (χ3n) is 2.55. The van der Waals surface area contributed by atoms with Crippen molar-refractivity contribution in [2.75, 3.05) is 0 Å². The van der Waals surface area contributed by atoms with Gasteiger partial charge in [0.1, 0.15) is 11.5 Å². The monoisotopic (exact) mass is 384 g/mol. The number of halogens is 2. The fourth-order valence-electron chi connectivity index (χ4n) is 1.62. The Hall–Kier alpha value is -1.33. The molecule has 0 aromatic heterocycles. The first kappa shape index (κ1) is 14.1. The topological polar surface area (TPSA) is 46.5 Å². The van der Waals surface area contributed by atoms with E-state index < -0.39 is 5.97 Å². The number of carbonyl (C=O) groups is 1. The van der Waals surface area contributed by atoms with Crippen LogP contribution >= 0.6 is 31.9 Å². The summed E-state index contributed by atoms with van der Waals surface area (Å²) in [4.78, 5) is 10.9. The van der Waals surface area contributed by atoms with E-state index in [0.29, 0.717) is 17.1 Å². The van der Waals surface area contributed by atoms with Crippen LogP contribution in [-0.2, 0) is 0 Å². The van der Waals surface area contributed by atoms with Crippen LogP contribution in [0.2, 0.25) is 0 Å². The molecule has 2 rings (SSSR count). The SMILES string of the molecule is Cc1cc(Oc2ccc(Br)cc2Br)ccc1C(=O)O. The number of hydrogen-bond acceptors (Lipinski definition) is 2. The minimum absolute atomic E-state index is 0.280. The standard InChI is InChI=1S/C14H10Br2O3/c1-8-6-10(3-4-11(8)14(17)18)19-13-5-2-9(15)7-12(13)16/h2-7H,1H3,(H,17,18). The Labute approximate surface area is 127 Å². The second-order valence-electron chi connectivity index (χ2n) is 3.96. The van der Waals surface area contributed by atoms with Crippen LogP contribution in [-0.4, -0.2) is 11.1 Å². The Morgan fingerprint density at radius 2 is 1.89 bits per heavy atom. The zero-order valence-electron chi connectivity index (χ0n) is 9.98. The van der Waals surface area contributed by atoms with E-state index in [1.54, 1.807) is 25.1 Å². The molecule has 0 spiro atoms. The van der Waals surface area contributed by atoms with Gasteiger partial charge in [0.15, 0.2) is 0 Å². The van der Waals surface area contributed by atoms with Gasteiger partial charge >= 0.3 is 5.97 Å². The van der Waals surface area contributed by atoms with Crippen molar-refractivity contribution in [2.45, 2.75) is 6.92 Å². The largest absolute Gasteiger partial charge is 0.478 e. The minimum Gasteiger partial charge on any atom is -0.478 e. The van der Waals surface area contributed by atoms with Gasteiger partial charge in [-0.05, 0) is 64.8 Å². The van der Waals surface area contributed by atoms with E-state index in [9.17, 15) is 4.79 Å². The van der Waals surface area contributed by atoms with Gasteiger partial charge in [0.2, 0.25) is 0 Å². The highest BCUT2D eigenvalue weighted by atomic mass is 79.9. The van der Waals surface area contributed by atoms with Gasteiger partial charge in [-0.2, -0.15) is 0 Å². The summed E-state index contributed by atoms with van der Waals surface area (Å²) in [5.41, 5.74) is 0.945. The van der Waals surface area contributed by atoms with E-state index in [2.05, 4.69) is 31.9 Å². The van der Waals surface area contributed by atoms with Crippen LogP contribution < -0.4 is 4.74 Å². The normalized spacial score (nSPS) is 10.3. The lowest BCUT2D eigenvalue weighted by atomic mass is 10.1. The van der Waals surface area contributed by atoms with Gasteiger partial charge in [-0.1, -0.05) is 15.9 Å². The highest BCUT2D eigenvalue weighted by Crippen LogP contribution is 2.32. The van der Waals surface area contributed by atoms with Crippen molar-refractivity contribution in [3.05, 3.63) is 56.5 Å². The molecule has 0 saturated heterocycles. The Morgan fingerprint density at radius 1 is 1.16 bits per heavy atom. The predicted octanol–water partition coefficient (Wildman–Crippen LogP) is 5.01. The lowest BCUT2D eigenvalue weighted by molar-refractivity contribution is 0.0696. The molecule has 0 atom stereocenters. The van der Waals surface area contributed by atoms with Crippen molar-refractivity contribution in [1.29, 1.82) is 0 Å². The second-order valence-corrected chi connectivity index (χ2v) is 5.73. The van der Waals surface area contributed by atoms with Crippen LogP contribution in [0.25, 0.3) is 0 Å². The zero-order chi connectivity index (χ0) is 14.0.